The first kappa shape index (κ1) is 33.3. The van der Waals surface area contributed by atoms with E-state index in [4.69, 9.17) is 29.9 Å². The summed E-state index contributed by atoms with van der Waals surface area (Å²) in [5.74, 6) is 3.02. The Bertz CT molecular complexity index is 2630. The zero-order valence-electron chi connectivity index (χ0n) is 29.5. The van der Waals surface area contributed by atoms with Gasteiger partial charge in [-0.1, -0.05) is 164 Å². The smallest absolute Gasteiger partial charge is 0.164 e. The Hall–Kier alpha value is -7.51. The molecule has 0 bridgehead atoms. The van der Waals surface area contributed by atoms with Crippen molar-refractivity contribution >= 4 is 0 Å². The fourth-order valence-electron chi connectivity index (χ4n) is 6.56. The molecule has 9 aromatic rings. The molecule has 6 nitrogen and oxygen atoms in total. The quantitative estimate of drug-likeness (QED) is 0.156. The summed E-state index contributed by atoms with van der Waals surface area (Å²) in [6, 6.07) is 60.4. The van der Waals surface area contributed by atoms with Gasteiger partial charge in [-0.25, -0.2) is 34.3 Å². The molecule has 0 aliphatic carbocycles. The Balaban J connectivity index is 1.23. The Kier molecular flexibility index (Phi) is 9.00. The van der Waals surface area contributed by atoms with E-state index in [1.807, 2.05) is 146 Å². The largest absolute Gasteiger partial charge is 0.208 e. The van der Waals surface area contributed by atoms with Gasteiger partial charge in [0.1, 0.15) is 5.82 Å². The van der Waals surface area contributed by atoms with E-state index in [0.29, 0.717) is 34.9 Å². The van der Waals surface area contributed by atoms with Crippen LogP contribution in [0.4, 0.5) is 4.39 Å². The predicted molar refractivity (Wildman–Crippen MR) is 217 cm³/mol. The molecular weight excluding hydrogens is 680 g/mol. The zero-order valence-corrected chi connectivity index (χ0v) is 29.5. The molecule has 0 N–H and O–H groups in total. The molecule has 0 fully saturated rings. The Morgan fingerprint density at radius 3 is 0.982 bits per heavy atom. The molecule has 0 aliphatic heterocycles. The van der Waals surface area contributed by atoms with Crippen LogP contribution >= 0.6 is 0 Å². The van der Waals surface area contributed by atoms with Crippen LogP contribution in [0.1, 0.15) is 0 Å². The van der Waals surface area contributed by atoms with Crippen molar-refractivity contribution in [2.45, 2.75) is 0 Å². The fourth-order valence-corrected chi connectivity index (χ4v) is 6.56. The molecule has 55 heavy (non-hydrogen) atoms. The summed E-state index contributed by atoms with van der Waals surface area (Å²) in [5, 5.41) is 0. The maximum Gasteiger partial charge on any atom is 0.164 e. The Morgan fingerprint density at radius 2 is 0.564 bits per heavy atom. The third-order valence-corrected chi connectivity index (χ3v) is 9.29. The van der Waals surface area contributed by atoms with Gasteiger partial charge in [0, 0.05) is 33.4 Å². The molecule has 0 saturated carbocycles. The predicted octanol–water partition coefficient (Wildman–Crippen LogP) is 11.5. The van der Waals surface area contributed by atoms with Crippen LogP contribution in [0, 0.1) is 5.82 Å². The molecule has 9 rings (SSSR count). The van der Waals surface area contributed by atoms with Gasteiger partial charge >= 0.3 is 0 Å². The van der Waals surface area contributed by atoms with Gasteiger partial charge in [-0.05, 0) is 46.5 Å². The first-order valence-electron chi connectivity index (χ1n) is 17.9. The molecule has 2 aromatic heterocycles. The lowest BCUT2D eigenvalue weighted by molar-refractivity contribution is 0.628. The lowest BCUT2D eigenvalue weighted by Gasteiger charge is -2.16. The zero-order chi connectivity index (χ0) is 37.0. The van der Waals surface area contributed by atoms with E-state index < -0.39 is 0 Å². The van der Waals surface area contributed by atoms with E-state index >= 15 is 0 Å². The lowest BCUT2D eigenvalue weighted by atomic mass is 9.92. The number of hydrogen-bond donors (Lipinski definition) is 0. The van der Waals surface area contributed by atoms with Crippen molar-refractivity contribution in [3.05, 3.63) is 194 Å². The van der Waals surface area contributed by atoms with Crippen molar-refractivity contribution in [1.82, 2.24) is 29.9 Å². The van der Waals surface area contributed by atoms with Gasteiger partial charge in [0.05, 0.1) is 0 Å². The van der Waals surface area contributed by atoms with E-state index in [1.54, 1.807) is 12.1 Å². The second kappa shape index (κ2) is 14.8. The summed E-state index contributed by atoms with van der Waals surface area (Å²) in [6.07, 6.45) is 0. The summed E-state index contributed by atoms with van der Waals surface area (Å²) in [5.41, 5.74) is 8.65. The molecule has 2 heterocycles. The number of hydrogen-bond acceptors (Lipinski definition) is 6. The topological polar surface area (TPSA) is 77.3 Å². The minimum Gasteiger partial charge on any atom is -0.208 e. The summed E-state index contributed by atoms with van der Waals surface area (Å²) in [7, 11) is 0. The van der Waals surface area contributed by atoms with Gasteiger partial charge < -0.3 is 0 Å². The van der Waals surface area contributed by atoms with Crippen molar-refractivity contribution in [2.75, 3.05) is 0 Å². The highest BCUT2D eigenvalue weighted by Crippen LogP contribution is 2.39. The van der Waals surface area contributed by atoms with Crippen LogP contribution in [0.15, 0.2) is 188 Å². The number of aromatic nitrogens is 6. The number of nitrogens with zero attached hydrogens (tertiary/aromatic N) is 6. The van der Waals surface area contributed by atoms with Crippen molar-refractivity contribution in [3.63, 3.8) is 0 Å². The van der Waals surface area contributed by atoms with Gasteiger partial charge in [-0.15, -0.1) is 0 Å². The molecular formula is C48H31FN6. The van der Waals surface area contributed by atoms with Gasteiger partial charge in [-0.2, -0.15) is 0 Å². The van der Waals surface area contributed by atoms with Gasteiger partial charge in [-0.3, -0.25) is 0 Å². The summed E-state index contributed by atoms with van der Waals surface area (Å²) >= 11 is 0. The van der Waals surface area contributed by atoms with Gasteiger partial charge in [0.25, 0.3) is 0 Å². The molecule has 260 valence electrons. The molecule has 0 radical (unpaired) electrons. The average Bonchev–Trinajstić information content (AvgIpc) is 3.27. The minimum absolute atomic E-state index is 0.317. The standard InChI is InChI=1S/C48H31FN6/c49-38-28-25-32(26-29-38)42-31-37(27-30-41(42)48-54-45(35-19-9-3-10-20-35)51-46(55-48)36-21-11-4-12-22-36)39-23-13-14-24-40(39)47-52-43(33-15-5-1-6-16-33)50-44(53-47)34-17-7-2-8-18-34/h1-31H. The van der Waals surface area contributed by atoms with Crippen molar-refractivity contribution in [3.8, 4) is 90.6 Å². The molecule has 0 unspecified atom stereocenters. The normalized spacial score (nSPS) is 11.0. The number of benzene rings is 7. The van der Waals surface area contributed by atoms with Crippen LogP contribution in [0.5, 0.6) is 0 Å². The maximum atomic E-state index is 14.4. The van der Waals surface area contributed by atoms with Crippen molar-refractivity contribution < 1.29 is 4.39 Å². The van der Waals surface area contributed by atoms with Crippen LogP contribution in [-0.2, 0) is 0 Å². The molecule has 7 heteroatoms. The second-order valence-corrected chi connectivity index (χ2v) is 12.9. The molecule has 0 spiro atoms. The van der Waals surface area contributed by atoms with Crippen molar-refractivity contribution in [2.24, 2.45) is 0 Å². The van der Waals surface area contributed by atoms with E-state index in [2.05, 4.69) is 18.2 Å². The first-order chi connectivity index (χ1) is 27.2. The van der Waals surface area contributed by atoms with Crippen LogP contribution in [0.3, 0.4) is 0 Å². The van der Waals surface area contributed by atoms with Crippen LogP contribution in [0.25, 0.3) is 90.6 Å². The molecule has 0 amide bonds. The first-order valence-corrected chi connectivity index (χ1v) is 17.9. The molecule has 0 atom stereocenters. The van der Waals surface area contributed by atoms with Crippen LogP contribution in [-0.4, -0.2) is 29.9 Å². The maximum absolute atomic E-state index is 14.4. The Labute approximate surface area is 317 Å². The molecule has 0 saturated heterocycles. The summed E-state index contributed by atoms with van der Waals surface area (Å²) < 4.78 is 14.4. The number of rotatable bonds is 8. The fraction of sp³-hybridized carbons (Fsp3) is 0. The van der Waals surface area contributed by atoms with E-state index in [0.717, 1.165) is 55.6 Å². The van der Waals surface area contributed by atoms with Gasteiger partial charge in [0.15, 0.2) is 34.9 Å². The summed E-state index contributed by atoms with van der Waals surface area (Å²) in [6.45, 7) is 0. The highest BCUT2D eigenvalue weighted by atomic mass is 19.1. The van der Waals surface area contributed by atoms with Gasteiger partial charge in [0.2, 0.25) is 0 Å². The summed E-state index contributed by atoms with van der Waals surface area (Å²) in [4.78, 5) is 29.9. The van der Waals surface area contributed by atoms with E-state index in [-0.39, 0.29) is 5.82 Å². The lowest BCUT2D eigenvalue weighted by Crippen LogP contribution is -2.02. The highest BCUT2D eigenvalue weighted by Gasteiger charge is 2.20. The van der Waals surface area contributed by atoms with E-state index in [9.17, 15) is 4.39 Å². The third kappa shape index (κ3) is 7.02. The van der Waals surface area contributed by atoms with E-state index in [1.165, 1.54) is 12.1 Å². The molecule has 7 aromatic carbocycles. The average molecular weight is 711 g/mol. The minimum atomic E-state index is -0.317. The second-order valence-electron chi connectivity index (χ2n) is 12.9. The number of halogens is 1. The van der Waals surface area contributed by atoms with Crippen molar-refractivity contribution in [1.29, 1.82) is 0 Å². The van der Waals surface area contributed by atoms with Crippen LogP contribution in [0.2, 0.25) is 0 Å². The van der Waals surface area contributed by atoms with Crippen LogP contribution < -0.4 is 0 Å². The molecule has 0 aliphatic rings. The Morgan fingerprint density at radius 1 is 0.236 bits per heavy atom. The monoisotopic (exact) mass is 710 g/mol. The SMILES string of the molecule is Fc1ccc(-c2cc(-c3ccccc3-c3nc(-c4ccccc4)nc(-c4ccccc4)n3)ccc2-c2nc(-c3ccccc3)nc(-c3ccccc3)n2)cc1. The highest BCUT2D eigenvalue weighted by molar-refractivity contribution is 5.89. The third-order valence-electron chi connectivity index (χ3n) is 9.29.